The molecule has 0 spiro atoms. The molecule has 9 heteroatoms. The van der Waals surface area contributed by atoms with Crippen molar-refractivity contribution in [3.05, 3.63) is 40.0 Å². The first-order valence-corrected chi connectivity index (χ1v) is 8.54. The molecule has 1 aromatic rings. The zero-order valence-corrected chi connectivity index (χ0v) is 15.5. The van der Waals surface area contributed by atoms with E-state index in [0.29, 0.717) is 25.1 Å². The third-order valence-electron chi connectivity index (χ3n) is 3.87. The molecule has 0 saturated carbocycles. The van der Waals surface area contributed by atoms with E-state index < -0.39 is 29.6 Å². The highest BCUT2D eigenvalue weighted by Gasteiger charge is 2.24. The van der Waals surface area contributed by atoms with E-state index in [9.17, 15) is 23.7 Å². The second kappa shape index (κ2) is 8.32. The fourth-order valence-corrected chi connectivity index (χ4v) is 2.65. The monoisotopic (exact) mass is 383 g/mol. The lowest BCUT2D eigenvalue weighted by molar-refractivity contribution is -0.384. The maximum Gasteiger partial charge on any atom is 0.410 e. The van der Waals surface area contributed by atoms with Gasteiger partial charge in [0.05, 0.1) is 11.5 Å². The third kappa shape index (κ3) is 5.90. The molecule has 1 aliphatic heterocycles. The van der Waals surface area contributed by atoms with Crippen LogP contribution in [0.4, 0.5) is 25.0 Å². The minimum Gasteiger partial charge on any atom is -0.444 e. The molecular formula is C18H23F2N3O4. The molecule has 27 heavy (non-hydrogen) atoms. The summed E-state index contributed by atoms with van der Waals surface area (Å²) in [4.78, 5) is 24.1. The first kappa shape index (κ1) is 20.6. The Morgan fingerprint density at radius 2 is 2.11 bits per heavy atom. The second-order valence-electron chi connectivity index (χ2n) is 7.17. The Bertz CT molecular complexity index is 745. The van der Waals surface area contributed by atoms with Crippen LogP contribution < -0.4 is 5.32 Å². The number of benzene rings is 1. The average Bonchev–Trinajstić information content (AvgIpc) is 2.58. The zero-order valence-electron chi connectivity index (χ0n) is 15.5. The number of nitro benzene ring substituents is 1. The van der Waals surface area contributed by atoms with Crippen LogP contribution in [0.15, 0.2) is 24.3 Å². The van der Waals surface area contributed by atoms with Gasteiger partial charge in [-0.15, -0.1) is 0 Å². The number of carbonyl (C=O) groups excluding carboxylic acids is 1. The largest absolute Gasteiger partial charge is 0.444 e. The van der Waals surface area contributed by atoms with Crippen LogP contribution in [0.1, 0.15) is 32.8 Å². The van der Waals surface area contributed by atoms with Crippen molar-refractivity contribution in [1.82, 2.24) is 4.90 Å². The smallest absolute Gasteiger partial charge is 0.410 e. The number of alkyl halides is 2. The zero-order chi connectivity index (χ0) is 20.2. The molecule has 1 aliphatic rings. The summed E-state index contributed by atoms with van der Waals surface area (Å²) in [6.45, 7) is 5.50. The van der Waals surface area contributed by atoms with Gasteiger partial charge in [0.2, 0.25) is 0 Å². The van der Waals surface area contributed by atoms with Crippen LogP contribution in [-0.4, -0.2) is 47.6 Å². The number of carbonyl (C=O) groups is 1. The lowest BCUT2D eigenvalue weighted by Gasteiger charge is -2.29. The highest BCUT2D eigenvalue weighted by Crippen LogP contribution is 2.31. The van der Waals surface area contributed by atoms with E-state index in [-0.39, 0.29) is 11.4 Å². The summed E-state index contributed by atoms with van der Waals surface area (Å²) in [7, 11) is 0. The molecule has 1 aromatic carbocycles. The van der Waals surface area contributed by atoms with Crippen LogP contribution in [0.25, 0.3) is 5.57 Å². The van der Waals surface area contributed by atoms with Crippen LogP contribution in [0.5, 0.6) is 0 Å². The van der Waals surface area contributed by atoms with Gasteiger partial charge < -0.3 is 15.0 Å². The van der Waals surface area contributed by atoms with Crippen molar-refractivity contribution in [1.29, 1.82) is 0 Å². The quantitative estimate of drug-likeness (QED) is 0.605. The van der Waals surface area contributed by atoms with Crippen molar-refractivity contribution in [2.24, 2.45) is 0 Å². The van der Waals surface area contributed by atoms with Crippen LogP contribution in [0, 0.1) is 10.1 Å². The number of hydrogen-bond donors (Lipinski definition) is 1. The van der Waals surface area contributed by atoms with Crippen molar-refractivity contribution >= 4 is 23.0 Å². The molecule has 0 unspecified atom stereocenters. The molecule has 0 aliphatic carbocycles. The van der Waals surface area contributed by atoms with E-state index >= 15 is 0 Å². The summed E-state index contributed by atoms with van der Waals surface area (Å²) in [6.07, 6.45) is -0.651. The van der Waals surface area contributed by atoms with E-state index in [1.54, 1.807) is 31.7 Å². The topological polar surface area (TPSA) is 84.7 Å². The van der Waals surface area contributed by atoms with Crippen molar-refractivity contribution < 1.29 is 23.2 Å². The van der Waals surface area contributed by atoms with Crippen LogP contribution in [0.3, 0.4) is 0 Å². The lowest BCUT2D eigenvalue weighted by Crippen LogP contribution is -2.39. The molecule has 1 N–H and O–H groups in total. The van der Waals surface area contributed by atoms with Gasteiger partial charge in [0.25, 0.3) is 12.1 Å². The second-order valence-corrected chi connectivity index (χ2v) is 7.17. The van der Waals surface area contributed by atoms with Gasteiger partial charge in [-0.2, -0.15) is 0 Å². The van der Waals surface area contributed by atoms with Crippen LogP contribution in [-0.2, 0) is 4.74 Å². The normalized spacial score (nSPS) is 14.7. The first-order chi connectivity index (χ1) is 12.6. The molecule has 7 nitrogen and oxygen atoms in total. The number of ether oxygens (including phenoxy) is 1. The number of nitro groups is 1. The van der Waals surface area contributed by atoms with Gasteiger partial charge in [0.15, 0.2) is 0 Å². The number of rotatable bonds is 5. The molecule has 0 aromatic heterocycles. The Hall–Kier alpha value is -2.71. The Kier molecular flexibility index (Phi) is 6.35. The summed E-state index contributed by atoms with van der Waals surface area (Å²) < 4.78 is 30.2. The van der Waals surface area contributed by atoms with E-state index in [1.165, 1.54) is 12.1 Å². The number of nitrogens with zero attached hydrogens (tertiary/aromatic N) is 2. The van der Waals surface area contributed by atoms with Gasteiger partial charge in [-0.25, -0.2) is 13.6 Å². The minimum absolute atomic E-state index is 0.0493. The molecule has 0 fully saturated rings. The third-order valence-corrected chi connectivity index (χ3v) is 3.87. The van der Waals surface area contributed by atoms with Crippen LogP contribution >= 0.6 is 0 Å². The van der Waals surface area contributed by atoms with Crippen molar-refractivity contribution in [2.45, 2.75) is 39.2 Å². The molecule has 1 amide bonds. The predicted molar refractivity (Wildman–Crippen MR) is 98.0 cm³/mol. The lowest BCUT2D eigenvalue weighted by atomic mass is 9.98. The molecule has 148 valence electrons. The van der Waals surface area contributed by atoms with Crippen LogP contribution in [0.2, 0.25) is 0 Å². The maximum atomic E-state index is 12.5. The Balaban J connectivity index is 2.15. The summed E-state index contributed by atoms with van der Waals surface area (Å²) >= 11 is 0. The number of hydrogen-bond acceptors (Lipinski definition) is 5. The number of halogens is 2. The van der Waals surface area contributed by atoms with E-state index in [2.05, 4.69) is 5.32 Å². The summed E-state index contributed by atoms with van der Waals surface area (Å²) in [5, 5.41) is 13.5. The Morgan fingerprint density at radius 1 is 1.41 bits per heavy atom. The SMILES string of the molecule is CC(C)(C)OC(=O)N1CC=C(c2ccc([N+](=O)[O-])c(NCC(F)F)c2)CC1. The average molecular weight is 383 g/mol. The minimum atomic E-state index is -2.62. The Labute approximate surface area is 156 Å². The first-order valence-electron chi connectivity index (χ1n) is 8.54. The van der Waals surface area contributed by atoms with Crippen molar-refractivity contribution in [2.75, 3.05) is 25.0 Å². The molecule has 0 bridgehead atoms. The Morgan fingerprint density at radius 3 is 2.63 bits per heavy atom. The van der Waals surface area contributed by atoms with Gasteiger partial charge in [-0.3, -0.25) is 10.1 Å². The fourth-order valence-electron chi connectivity index (χ4n) is 2.65. The maximum absolute atomic E-state index is 12.5. The summed E-state index contributed by atoms with van der Waals surface area (Å²) in [5.74, 6) is 0. The summed E-state index contributed by atoms with van der Waals surface area (Å²) in [5.41, 5.74) is 0.801. The molecule has 1 heterocycles. The van der Waals surface area contributed by atoms with Crippen molar-refractivity contribution in [3.8, 4) is 0 Å². The highest BCUT2D eigenvalue weighted by atomic mass is 19.3. The number of anilines is 1. The molecule has 0 radical (unpaired) electrons. The highest BCUT2D eigenvalue weighted by molar-refractivity contribution is 5.76. The molecular weight excluding hydrogens is 360 g/mol. The van der Waals surface area contributed by atoms with Gasteiger partial charge in [-0.05, 0) is 50.5 Å². The van der Waals surface area contributed by atoms with E-state index in [1.807, 2.05) is 6.08 Å². The van der Waals surface area contributed by atoms with Gasteiger partial charge in [0, 0.05) is 19.2 Å². The molecule has 2 rings (SSSR count). The van der Waals surface area contributed by atoms with Gasteiger partial charge in [-0.1, -0.05) is 6.08 Å². The fraction of sp³-hybridized carbons (Fsp3) is 0.500. The summed E-state index contributed by atoms with van der Waals surface area (Å²) in [6, 6.07) is 4.38. The van der Waals surface area contributed by atoms with E-state index in [4.69, 9.17) is 4.74 Å². The number of amides is 1. The van der Waals surface area contributed by atoms with Gasteiger partial charge >= 0.3 is 6.09 Å². The van der Waals surface area contributed by atoms with E-state index in [0.717, 1.165) is 5.57 Å². The van der Waals surface area contributed by atoms with Gasteiger partial charge in [0.1, 0.15) is 11.3 Å². The number of nitrogens with one attached hydrogen (secondary N) is 1. The molecule has 0 atom stereocenters. The standard InChI is InChI=1S/C18H23F2N3O4/c1-18(2,3)27-17(24)22-8-6-12(7-9-22)13-4-5-15(23(25)26)14(10-13)21-11-16(19)20/h4-6,10,16,21H,7-9,11H2,1-3H3. The molecule has 0 saturated heterocycles. The predicted octanol–water partition coefficient (Wildman–Crippen LogP) is 4.30. The van der Waals surface area contributed by atoms with Crippen molar-refractivity contribution in [3.63, 3.8) is 0 Å².